The molecule has 1 unspecified atom stereocenters. The van der Waals surface area contributed by atoms with Gasteiger partial charge in [-0.05, 0) is 54.3 Å². The van der Waals surface area contributed by atoms with E-state index in [0.29, 0.717) is 16.8 Å². The SMILES string of the molecule is CCc1ccc(/C(O)=C2\C(=O)C(=O)N(c3cccc(C)c3)C2c2ccc(O)cc2)cc1. The number of aryl methyl sites for hydroxylation is 2. The number of aliphatic hydroxyl groups is 1. The van der Waals surface area contributed by atoms with Crippen LogP contribution in [-0.2, 0) is 16.0 Å². The highest BCUT2D eigenvalue weighted by Gasteiger charge is 2.46. The molecule has 1 atom stereocenters. The van der Waals surface area contributed by atoms with Crippen molar-refractivity contribution in [2.24, 2.45) is 0 Å². The minimum Gasteiger partial charge on any atom is -0.508 e. The largest absolute Gasteiger partial charge is 0.508 e. The highest BCUT2D eigenvalue weighted by atomic mass is 16.3. The Morgan fingerprint density at radius 1 is 0.968 bits per heavy atom. The van der Waals surface area contributed by atoms with Crippen molar-refractivity contribution < 1.29 is 19.8 Å². The second-order valence-corrected chi connectivity index (χ2v) is 7.65. The maximum atomic E-state index is 13.1. The van der Waals surface area contributed by atoms with Crippen molar-refractivity contribution in [2.45, 2.75) is 26.3 Å². The molecule has 156 valence electrons. The third-order valence-electron chi connectivity index (χ3n) is 5.57. The Kier molecular flexibility index (Phi) is 5.34. The normalized spacial score (nSPS) is 17.9. The Morgan fingerprint density at radius 2 is 1.65 bits per heavy atom. The topological polar surface area (TPSA) is 77.8 Å². The summed E-state index contributed by atoms with van der Waals surface area (Å²) in [4.78, 5) is 27.6. The van der Waals surface area contributed by atoms with Gasteiger partial charge >= 0.3 is 0 Å². The van der Waals surface area contributed by atoms with Crippen LogP contribution in [0.4, 0.5) is 5.69 Å². The first-order chi connectivity index (χ1) is 14.9. The smallest absolute Gasteiger partial charge is 0.300 e. The molecule has 1 aliphatic heterocycles. The van der Waals surface area contributed by atoms with Gasteiger partial charge in [-0.3, -0.25) is 14.5 Å². The number of aliphatic hydroxyl groups excluding tert-OH is 1. The van der Waals surface area contributed by atoms with E-state index in [2.05, 4.69) is 0 Å². The van der Waals surface area contributed by atoms with Gasteiger partial charge in [-0.2, -0.15) is 0 Å². The van der Waals surface area contributed by atoms with Crippen LogP contribution in [0, 0.1) is 6.92 Å². The van der Waals surface area contributed by atoms with Crippen molar-refractivity contribution in [1.29, 1.82) is 0 Å². The number of phenolic OH excluding ortho intramolecular Hbond substituents is 1. The van der Waals surface area contributed by atoms with Gasteiger partial charge in [0.2, 0.25) is 0 Å². The standard InChI is InChI=1S/C26H23NO4/c1-3-17-7-9-19(10-8-17)24(29)22-23(18-11-13-21(28)14-12-18)27(26(31)25(22)30)20-6-4-5-16(2)15-20/h4-15,23,28-29H,3H2,1-2H3/b24-22+. The van der Waals surface area contributed by atoms with Crippen molar-refractivity contribution in [3.63, 3.8) is 0 Å². The molecule has 0 radical (unpaired) electrons. The number of carbonyl (C=O) groups is 2. The lowest BCUT2D eigenvalue weighted by Gasteiger charge is -2.25. The van der Waals surface area contributed by atoms with Crippen LogP contribution in [0.5, 0.6) is 5.75 Å². The summed E-state index contributed by atoms with van der Waals surface area (Å²) in [6, 6.07) is 20.1. The van der Waals surface area contributed by atoms with E-state index in [1.165, 1.54) is 17.0 Å². The van der Waals surface area contributed by atoms with Crippen LogP contribution in [0.1, 0.15) is 35.2 Å². The molecular formula is C26H23NO4. The molecule has 0 saturated carbocycles. The third kappa shape index (κ3) is 3.70. The number of aromatic hydroxyl groups is 1. The number of benzene rings is 3. The van der Waals surface area contributed by atoms with E-state index in [9.17, 15) is 19.8 Å². The van der Waals surface area contributed by atoms with Crippen molar-refractivity contribution in [1.82, 2.24) is 0 Å². The lowest BCUT2D eigenvalue weighted by molar-refractivity contribution is -0.132. The molecule has 0 aromatic heterocycles. The van der Waals surface area contributed by atoms with Gasteiger partial charge in [0.25, 0.3) is 11.7 Å². The summed E-state index contributed by atoms with van der Waals surface area (Å²) in [5, 5.41) is 20.8. The molecule has 1 saturated heterocycles. The number of carbonyl (C=O) groups excluding carboxylic acids is 2. The second-order valence-electron chi connectivity index (χ2n) is 7.65. The molecule has 1 fully saturated rings. The minimum absolute atomic E-state index is 0.0291. The van der Waals surface area contributed by atoms with Crippen LogP contribution in [0.3, 0.4) is 0 Å². The van der Waals surface area contributed by atoms with Crippen molar-refractivity contribution >= 4 is 23.1 Å². The number of hydrogen-bond donors (Lipinski definition) is 2. The summed E-state index contributed by atoms with van der Waals surface area (Å²) >= 11 is 0. The number of Topliss-reactive ketones (excluding diaryl/α,β-unsaturated/α-hetero) is 1. The summed E-state index contributed by atoms with van der Waals surface area (Å²) in [5.74, 6) is -1.58. The summed E-state index contributed by atoms with van der Waals surface area (Å²) in [5.41, 5.74) is 3.74. The van der Waals surface area contributed by atoms with Gasteiger partial charge in [-0.25, -0.2) is 0 Å². The highest BCUT2D eigenvalue weighted by Crippen LogP contribution is 2.42. The number of rotatable bonds is 4. The van der Waals surface area contributed by atoms with Gasteiger partial charge in [-0.1, -0.05) is 55.5 Å². The number of anilines is 1. The average Bonchev–Trinajstić information content (AvgIpc) is 3.04. The zero-order valence-corrected chi connectivity index (χ0v) is 17.4. The van der Waals surface area contributed by atoms with E-state index in [1.807, 2.05) is 44.2 Å². The maximum Gasteiger partial charge on any atom is 0.300 e. The van der Waals surface area contributed by atoms with Gasteiger partial charge in [0, 0.05) is 11.3 Å². The molecule has 0 bridgehead atoms. The van der Waals surface area contributed by atoms with Crippen molar-refractivity contribution in [3.8, 4) is 5.75 Å². The summed E-state index contributed by atoms with van der Waals surface area (Å²) in [6.45, 7) is 3.94. The average molecular weight is 413 g/mol. The lowest BCUT2D eigenvalue weighted by Crippen LogP contribution is -2.29. The summed E-state index contributed by atoms with van der Waals surface area (Å²) in [6.07, 6.45) is 0.853. The van der Waals surface area contributed by atoms with E-state index >= 15 is 0 Å². The van der Waals surface area contributed by atoms with Crippen LogP contribution in [0.2, 0.25) is 0 Å². The number of amides is 1. The fourth-order valence-electron chi connectivity index (χ4n) is 3.90. The van der Waals surface area contributed by atoms with Gasteiger partial charge < -0.3 is 10.2 Å². The van der Waals surface area contributed by atoms with Gasteiger partial charge in [0.1, 0.15) is 11.5 Å². The third-order valence-corrected chi connectivity index (χ3v) is 5.57. The molecule has 3 aromatic carbocycles. The van der Waals surface area contributed by atoms with E-state index in [-0.39, 0.29) is 17.1 Å². The van der Waals surface area contributed by atoms with Crippen LogP contribution < -0.4 is 4.90 Å². The van der Waals surface area contributed by atoms with Crippen LogP contribution in [0.15, 0.2) is 78.4 Å². The Morgan fingerprint density at radius 3 is 2.26 bits per heavy atom. The molecule has 5 nitrogen and oxygen atoms in total. The van der Waals surface area contributed by atoms with Crippen molar-refractivity contribution in [2.75, 3.05) is 4.90 Å². The van der Waals surface area contributed by atoms with Crippen LogP contribution in [0.25, 0.3) is 5.76 Å². The quantitative estimate of drug-likeness (QED) is 0.363. The van der Waals surface area contributed by atoms with Crippen molar-refractivity contribution in [3.05, 3.63) is 101 Å². The molecule has 0 spiro atoms. The van der Waals surface area contributed by atoms with Gasteiger partial charge in [0.15, 0.2) is 0 Å². The minimum atomic E-state index is -0.812. The van der Waals surface area contributed by atoms with E-state index < -0.39 is 17.7 Å². The van der Waals surface area contributed by atoms with Gasteiger partial charge in [-0.15, -0.1) is 0 Å². The number of hydrogen-bond acceptors (Lipinski definition) is 4. The molecular weight excluding hydrogens is 390 g/mol. The molecule has 1 aliphatic rings. The van der Waals surface area contributed by atoms with Gasteiger partial charge in [0.05, 0.1) is 11.6 Å². The predicted molar refractivity (Wildman–Crippen MR) is 120 cm³/mol. The molecule has 1 heterocycles. The Hall–Kier alpha value is -3.86. The van der Waals surface area contributed by atoms with E-state index in [1.54, 1.807) is 30.3 Å². The number of nitrogens with zero attached hydrogens (tertiary/aromatic N) is 1. The fraction of sp³-hybridized carbons (Fsp3) is 0.154. The first-order valence-corrected chi connectivity index (χ1v) is 10.2. The Balaban J connectivity index is 1.92. The fourth-order valence-corrected chi connectivity index (χ4v) is 3.90. The molecule has 2 N–H and O–H groups in total. The zero-order valence-electron chi connectivity index (χ0n) is 17.4. The lowest BCUT2D eigenvalue weighted by atomic mass is 9.94. The maximum absolute atomic E-state index is 13.1. The molecule has 1 amide bonds. The van der Waals surface area contributed by atoms with Crippen LogP contribution in [-0.4, -0.2) is 21.9 Å². The Labute approximate surface area is 180 Å². The summed E-state index contributed by atoms with van der Waals surface area (Å²) < 4.78 is 0. The molecule has 31 heavy (non-hydrogen) atoms. The molecule has 0 aliphatic carbocycles. The second kappa shape index (κ2) is 8.11. The predicted octanol–water partition coefficient (Wildman–Crippen LogP) is 4.89. The zero-order chi connectivity index (χ0) is 22.1. The monoisotopic (exact) mass is 413 g/mol. The highest BCUT2D eigenvalue weighted by molar-refractivity contribution is 6.51. The first kappa shape index (κ1) is 20.4. The number of phenols is 1. The summed E-state index contributed by atoms with van der Waals surface area (Å²) in [7, 11) is 0. The Bertz CT molecular complexity index is 1180. The van der Waals surface area contributed by atoms with Crippen LogP contribution >= 0.6 is 0 Å². The van der Waals surface area contributed by atoms with E-state index in [4.69, 9.17) is 0 Å². The molecule has 4 rings (SSSR count). The first-order valence-electron chi connectivity index (χ1n) is 10.2. The molecule has 5 heteroatoms. The van der Waals surface area contributed by atoms with E-state index in [0.717, 1.165) is 17.5 Å². The number of ketones is 1. The molecule has 3 aromatic rings.